The van der Waals surface area contributed by atoms with Crippen molar-refractivity contribution in [3.05, 3.63) is 0 Å². The lowest BCUT2D eigenvalue weighted by atomic mass is 9.95. The number of hydrogen-bond donors (Lipinski definition) is 2. The van der Waals surface area contributed by atoms with Crippen LogP contribution in [0.4, 0.5) is 0 Å². The highest BCUT2D eigenvalue weighted by molar-refractivity contribution is 6.19. The van der Waals surface area contributed by atoms with Crippen LogP contribution in [0.15, 0.2) is 0 Å². The second-order valence-corrected chi connectivity index (χ2v) is 4.80. The molecule has 0 aromatic rings. The summed E-state index contributed by atoms with van der Waals surface area (Å²) in [6.07, 6.45) is 1.35. The first-order valence-electron chi connectivity index (χ1n) is 5.09. The number of hydrogen-bond acceptors (Lipinski definition) is 2. The molecule has 1 aliphatic heterocycles. The lowest BCUT2D eigenvalue weighted by Crippen LogP contribution is -2.44. The Morgan fingerprint density at radius 3 is 2.80 bits per heavy atom. The molecular weight excluding hydrogens is 216 g/mol. The summed E-state index contributed by atoms with van der Waals surface area (Å²) in [5, 5.41) is 5.59. The lowest BCUT2D eigenvalue weighted by molar-refractivity contribution is -0.128. The second-order valence-electron chi connectivity index (χ2n) is 4.53. The molecule has 0 saturated carbocycles. The van der Waals surface area contributed by atoms with Crippen molar-refractivity contribution in [3.63, 3.8) is 0 Å². The molecule has 86 valence electrons. The second kappa shape index (κ2) is 4.84. The van der Waals surface area contributed by atoms with Gasteiger partial charge in [0.05, 0.1) is 5.41 Å². The highest BCUT2D eigenvalue weighted by Crippen LogP contribution is 2.17. The number of amides is 2. The van der Waals surface area contributed by atoms with Crippen LogP contribution in [0.25, 0.3) is 0 Å². The number of carbonyl (C=O) groups is 2. The van der Waals surface area contributed by atoms with Crippen molar-refractivity contribution < 1.29 is 9.59 Å². The van der Waals surface area contributed by atoms with E-state index in [1.807, 2.05) is 0 Å². The van der Waals surface area contributed by atoms with Crippen molar-refractivity contribution in [2.24, 2.45) is 5.41 Å². The molecule has 2 amide bonds. The summed E-state index contributed by atoms with van der Waals surface area (Å²) in [7, 11) is 0. The van der Waals surface area contributed by atoms with Gasteiger partial charge in [-0.2, -0.15) is 0 Å². The van der Waals surface area contributed by atoms with Crippen molar-refractivity contribution in [2.75, 3.05) is 12.4 Å². The fourth-order valence-electron chi connectivity index (χ4n) is 1.35. The fraction of sp³-hybridized carbons (Fsp3) is 0.800. The van der Waals surface area contributed by atoms with Crippen molar-refractivity contribution in [3.8, 4) is 0 Å². The summed E-state index contributed by atoms with van der Waals surface area (Å²) in [4.78, 5) is 22.5. The van der Waals surface area contributed by atoms with Crippen LogP contribution in [0.3, 0.4) is 0 Å². The molecule has 2 N–H and O–H groups in total. The van der Waals surface area contributed by atoms with Crippen LogP contribution >= 0.6 is 11.6 Å². The summed E-state index contributed by atoms with van der Waals surface area (Å²) in [6, 6.07) is 0.0765. The third-order valence-electron chi connectivity index (χ3n) is 2.54. The quantitative estimate of drug-likeness (QED) is 0.700. The van der Waals surface area contributed by atoms with Crippen LogP contribution < -0.4 is 10.6 Å². The topological polar surface area (TPSA) is 58.2 Å². The summed E-state index contributed by atoms with van der Waals surface area (Å²) >= 11 is 5.68. The third kappa shape index (κ3) is 3.38. The minimum absolute atomic E-state index is 0.0610. The molecule has 0 aromatic heterocycles. The summed E-state index contributed by atoms with van der Waals surface area (Å²) < 4.78 is 0. The summed E-state index contributed by atoms with van der Waals surface area (Å²) in [6.45, 7) is 4.08. The molecule has 1 heterocycles. The molecule has 1 fully saturated rings. The van der Waals surface area contributed by atoms with Gasteiger partial charge in [-0.3, -0.25) is 9.59 Å². The van der Waals surface area contributed by atoms with Gasteiger partial charge in [0.15, 0.2) is 0 Å². The van der Waals surface area contributed by atoms with E-state index in [4.69, 9.17) is 11.6 Å². The van der Waals surface area contributed by atoms with E-state index in [1.54, 1.807) is 13.8 Å². The van der Waals surface area contributed by atoms with Crippen LogP contribution in [0, 0.1) is 5.41 Å². The molecule has 1 unspecified atom stereocenters. The molecule has 0 spiro atoms. The molecule has 5 heteroatoms. The van der Waals surface area contributed by atoms with E-state index in [1.165, 1.54) is 0 Å². The predicted molar refractivity (Wildman–Crippen MR) is 58.7 cm³/mol. The van der Waals surface area contributed by atoms with Crippen LogP contribution in [0.1, 0.15) is 26.7 Å². The van der Waals surface area contributed by atoms with Gasteiger partial charge < -0.3 is 10.6 Å². The minimum atomic E-state index is -0.551. The van der Waals surface area contributed by atoms with E-state index in [-0.39, 0.29) is 23.7 Å². The Kier molecular flexibility index (Phi) is 3.97. The average Bonchev–Trinajstić information content (AvgIpc) is 2.60. The normalized spacial score (nSPS) is 21.3. The minimum Gasteiger partial charge on any atom is -0.354 e. The first-order chi connectivity index (χ1) is 6.95. The van der Waals surface area contributed by atoms with Crippen molar-refractivity contribution >= 4 is 23.4 Å². The zero-order chi connectivity index (χ0) is 11.5. The first-order valence-corrected chi connectivity index (χ1v) is 5.63. The van der Waals surface area contributed by atoms with Gasteiger partial charge in [0, 0.05) is 24.9 Å². The Hall–Kier alpha value is -0.770. The summed E-state index contributed by atoms with van der Waals surface area (Å²) in [5.74, 6) is 0.278. The Morgan fingerprint density at radius 2 is 2.33 bits per heavy atom. The third-order valence-corrected chi connectivity index (χ3v) is 3.21. The molecular formula is C10H17ClN2O2. The van der Waals surface area contributed by atoms with Crippen LogP contribution in [0.5, 0.6) is 0 Å². The van der Waals surface area contributed by atoms with Crippen LogP contribution in [-0.4, -0.2) is 30.3 Å². The molecule has 4 nitrogen and oxygen atoms in total. The van der Waals surface area contributed by atoms with E-state index in [0.717, 1.165) is 6.42 Å². The van der Waals surface area contributed by atoms with Gasteiger partial charge in [-0.15, -0.1) is 11.6 Å². The van der Waals surface area contributed by atoms with Crippen LogP contribution in [0.2, 0.25) is 0 Å². The predicted octanol–water partition coefficient (Wildman–Crippen LogP) is 0.646. The van der Waals surface area contributed by atoms with E-state index < -0.39 is 5.41 Å². The first kappa shape index (κ1) is 12.3. The largest absolute Gasteiger partial charge is 0.354 e. The molecule has 1 saturated heterocycles. The molecule has 0 aromatic carbocycles. The van der Waals surface area contributed by atoms with Gasteiger partial charge in [0.1, 0.15) is 0 Å². The fourth-order valence-corrected chi connectivity index (χ4v) is 1.47. The monoisotopic (exact) mass is 232 g/mol. The van der Waals surface area contributed by atoms with Gasteiger partial charge >= 0.3 is 0 Å². The Bertz CT molecular complexity index is 266. The van der Waals surface area contributed by atoms with E-state index in [2.05, 4.69) is 10.6 Å². The van der Waals surface area contributed by atoms with Crippen LogP contribution in [-0.2, 0) is 9.59 Å². The molecule has 1 rings (SSSR count). The highest BCUT2D eigenvalue weighted by atomic mass is 35.5. The standard InChI is InChI=1S/C10H17ClN2O2/c1-10(2,6-11)9(15)12-5-7-3-4-8(14)13-7/h7H,3-6H2,1-2H3,(H,12,15)(H,13,14). The zero-order valence-electron chi connectivity index (χ0n) is 9.10. The van der Waals surface area contributed by atoms with Crippen molar-refractivity contribution in [2.45, 2.75) is 32.7 Å². The van der Waals surface area contributed by atoms with Crippen molar-refractivity contribution in [1.82, 2.24) is 10.6 Å². The number of carbonyl (C=O) groups excluding carboxylic acids is 2. The van der Waals surface area contributed by atoms with Crippen molar-refractivity contribution in [1.29, 1.82) is 0 Å². The number of halogens is 1. The molecule has 0 bridgehead atoms. The molecule has 1 atom stereocenters. The highest BCUT2D eigenvalue weighted by Gasteiger charge is 2.28. The molecule has 0 aliphatic carbocycles. The zero-order valence-corrected chi connectivity index (χ0v) is 9.86. The maximum atomic E-state index is 11.6. The smallest absolute Gasteiger partial charge is 0.226 e. The molecule has 1 aliphatic rings. The maximum absolute atomic E-state index is 11.6. The van der Waals surface area contributed by atoms with Gasteiger partial charge in [-0.25, -0.2) is 0 Å². The van der Waals surface area contributed by atoms with E-state index in [0.29, 0.717) is 13.0 Å². The lowest BCUT2D eigenvalue weighted by Gasteiger charge is -2.21. The number of rotatable bonds is 4. The SMILES string of the molecule is CC(C)(CCl)C(=O)NCC1CCC(=O)N1. The van der Waals surface area contributed by atoms with Gasteiger partial charge in [0.25, 0.3) is 0 Å². The Labute approximate surface area is 94.7 Å². The van der Waals surface area contributed by atoms with Gasteiger partial charge in [0.2, 0.25) is 11.8 Å². The number of alkyl halides is 1. The Balaban J connectivity index is 2.31. The molecule has 15 heavy (non-hydrogen) atoms. The summed E-state index contributed by atoms with van der Waals surface area (Å²) in [5.41, 5.74) is -0.551. The van der Waals surface area contributed by atoms with E-state index >= 15 is 0 Å². The Morgan fingerprint density at radius 1 is 1.67 bits per heavy atom. The number of nitrogens with one attached hydrogen (secondary N) is 2. The maximum Gasteiger partial charge on any atom is 0.226 e. The molecule has 0 radical (unpaired) electrons. The average molecular weight is 233 g/mol. The van der Waals surface area contributed by atoms with Gasteiger partial charge in [-0.05, 0) is 20.3 Å². The van der Waals surface area contributed by atoms with E-state index in [9.17, 15) is 9.59 Å². The van der Waals surface area contributed by atoms with Gasteiger partial charge in [-0.1, -0.05) is 0 Å².